The van der Waals surface area contributed by atoms with E-state index in [1.165, 1.54) is 24.8 Å². The second kappa shape index (κ2) is 4.76. The van der Waals surface area contributed by atoms with E-state index in [2.05, 4.69) is 34.2 Å². The molecule has 1 aliphatic carbocycles. The van der Waals surface area contributed by atoms with Crippen molar-refractivity contribution in [3.63, 3.8) is 0 Å². The summed E-state index contributed by atoms with van der Waals surface area (Å²) in [5.74, 6) is 0. The van der Waals surface area contributed by atoms with Gasteiger partial charge in [-0.25, -0.2) is 0 Å². The Hall–Kier alpha value is -0.540. The van der Waals surface area contributed by atoms with Gasteiger partial charge in [0.1, 0.15) is 0 Å². The van der Waals surface area contributed by atoms with Crippen molar-refractivity contribution in [1.82, 2.24) is 5.32 Å². The monoisotopic (exact) mass is 282 g/mol. The number of nitrogens with two attached hydrogens (primary N) is 1. The van der Waals surface area contributed by atoms with Crippen LogP contribution < -0.4 is 11.1 Å². The van der Waals surface area contributed by atoms with Crippen LogP contribution in [0.5, 0.6) is 0 Å². The third kappa shape index (κ3) is 2.77. The van der Waals surface area contributed by atoms with Crippen LogP contribution in [0.2, 0.25) is 0 Å². The molecule has 1 fully saturated rings. The standard InChI is InChI=1S/C13H19BrN2/c1-13(5-2-6-13)9-16-8-10-3-4-11(14)12(15)7-10/h3-4,7,16H,2,5-6,8-9,15H2,1H3. The molecule has 0 atom stereocenters. The maximum Gasteiger partial charge on any atom is 0.0461 e. The second-order valence-corrected chi connectivity index (χ2v) is 5.98. The molecule has 0 saturated heterocycles. The topological polar surface area (TPSA) is 38.0 Å². The lowest BCUT2D eigenvalue weighted by Crippen LogP contribution is -2.36. The van der Waals surface area contributed by atoms with Crippen molar-refractivity contribution in [1.29, 1.82) is 0 Å². The van der Waals surface area contributed by atoms with E-state index >= 15 is 0 Å². The molecule has 0 amide bonds. The predicted octanol–water partition coefficient (Wildman–Crippen LogP) is 3.31. The van der Waals surface area contributed by atoms with Gasteiger partial charge in [-0.15, -0.1) is 0 Å². The van der Waals surface area contributed by atoms with E-state index in [4.69, 9.17) is 5.73 Å². The Bertz CT molecular complexity index is 372. The highest BCUT2D eigenvalue weighted by molar-refractivity contribution is 9.10. The van der Waals surface area contributed by atoms with E-state index in [9.17, 15) is 0 Å². The van der Waals surface area contributed by atoms with Crippen LogP contribution in [0.15, 0.2) is 22.7 Å². The average molecular weight is 283 g/mol. The Labute approximate surface area is 106 Å². The molecule has 0 aliphatic heterocycles. The summed E-state index contributed by atoms with van der Waals surface area (Å²) in [6.45, 7) is 4.38. The Morgan fingerprint density at radius 3 is 2.75 bits per heavy atom. The highest BCUT2D eigenvalue weighted by Gasteiger charge is 2.30. The summed E-state index contributed by atoms with van der Waals surface area (Å²) in [6, 6.07) is 6.15. The first-order chi connectivity index (χ1) is 7.59. The van der Waals surface area contributed by atoms with Gasteiger partial charge in [0, 0.05) is 23.2 Å². The minimum Gasteiger partial charge on any atom is -0.398 e. The molecule has 0 heterocycles. The zero-order valence-electron chi connectivity index (χ0n) is 9.72. The minimum atomic E-state index is 0.543. The zero-order chi connectivity index (χ0) is 11.6. The molecular formula is C13H19BrN2. The van der Waals surface area contributed by atoms with Gasteiger partial charge in [0.05, 0.1) is 0 Å². The molecule has 2 rings (SSSR count). The molecule has 0 unspecified atom stereocenters. The molecule has 0 spiro atoms. The van der Waals surface area contributed by atoms with Crippen molar-refractivity contribution in [3.8, 4) is 0 Å². The third-order valence-corrected chi connectivity index (χ3v) is 4.22. The van der Waals surface area contributed by atoms with Gasteiger partial charge in [-0.1, -0.05) is 19.4 Å². The fraction of sp³-hybridized carbons (Fsp3) is 0.538. The molecule has 1 aromatic carbocycles. The van der Waals surface area contributed by atoms with E-state index in [0.717, 1.165) is 23.2 Å². The average Bonchev–Trinajstić information content (AvgIpc) is 2.21. The zero-order valence-corrected chi connectivity index (χ0v) is 11.3. The smallest absolute Gasteiger partial charge is 0.0461 e. The first kappa shape index (κ1) is 11.9. The van der Waals surface area contributed by atoms with Crippen LogP contribution in [0.3, 0.4) is 0 Å². The van der Waals surface area contributed by atoms with E-state index in [0.29, 0.717) is 5.41 Å². The van der Waals surface area contributed by atoms with Gasteiger partial charge < -0.3 is 11.1 Å². The number of nitrogen functional groups attached to an aromatic ring is 1. The van der Waals surface area contributed by atoms with E-state index in [1.807, 2.05) is 12.1 Å². The fourth-order valence-corrected chi connectivity index (χ4v) is 2.42. The lowest BCUT2D eigenvalue weighted by atomic mass is 9.70. The summed E-state index contributed by atoms with van der Waals surface area (Å²) in [7, 11) is 0. The van der Waals surface area contributed by atoms with Crippen LogP contribution in [-0.4, -0.2) is 6.54 Å². The summed E-state index contributed by atoms with van der Waals surface area (Å²) >= 11 is 3.40. The van der Waals surface area contributed by atoms with Gasteiger partial charge in [-0.2, -0.15) is 0 Å². The number of rotatable bonds is 4. The molecule has 0 radical (unpaired) electrons. The van der Waals surface area contributed by atoms with Gasteiger partial charge in [0.15, 0.2) is 0 Å². The molecule has 1 saturated carbocycles. The fourth-order valence-electron chi connectivity index (χ4n) is 2.17. The van der Waals surface area contributed by atoms with Gasteiger partial charge in [-0.05, 0) is 51.9 Å². The number of anilines is 1. The number of halogens is 1. The lowest BCUT2D eigenvalue weighted by Gasteiger charge is -2.38. The summed E-state index contributed by atoms with van der Waals surface area (Å²) in [5, 5.41) is 3.52. The third-order valence-electron chi connectivity index (χ3n) is 3.50. The van der Waals surface area contributed by atoms with Crippen LogP contribution in [0.25, 0.3) is 0 Å². The van der Waals surface area contributed by atoms with E-state index in [-0.39, 0.29) is 0 Å². The summed E-state index contributed by atoms with van der Waals surface area (Å²) < 4.78 is 0.974. The second-order valence-electron chi connectivity index (χ2n) is 5.12. The molecule has 3 N–H and O–H groups in total. The normalized spacial score (nSPS) is 18.1. The van der Waals surface area contributed by atoms with Crippen molar-refractivity contribution in [2.75, 3.05) is 12.3 Å². The van der Waals surface area contributed by atoms with Crippen LogP contribution in [0, 0.1) is 5.41 Å². The predicted molar refractivity (Wildman–Crippen MR) is 72.2 cm³/mol. The SMILES string of the molecule is CC1(CNCc2ccc(Br)c(N)c2)CCC1. The molecule has 88 valence electrons. The molecule has 16 heavy (non-hydrogen) atoms. The van der Waals surface area contributed by atoms with Gasteiger partial charge in [-0.3, -0.25) is 0 Å². The quantitative estimate of drug-likeness (QED) is 0.832. The van der Waals surface area contributed by atoms with Crippen LogP contribution >= 0.6 is 15.9 Å². The van der Waals surface area contributed by atoms with E-state index in [1.54, 1.807) is 0 Å². The Morgan fingerprint density at radius 2 is 2.19 bits per heavy atom. The Balaban J connectivity index is 1.83. The summed E-state index contributed by atoms with van der Waals surface area (Å²) in [4.78, 5) is 0. The Kier molecular flexibility index (Phi) is 3.55. The van der Waals surface area contributed by atoms with Crippen molar-refractivity contribution < 1.29 is 0 Å². The number of hydrogen-bond donors (Lipinski definition) is 2. The van der Waals surface area contributed by atoms with Gasteiger partial charge in [0.25, 0.3) is 0 Å². The molecule has 2 nitrogen and oxygen atoms in total. The number of benzene rings is 1. The lowest BCUT2D eigenvalue weighted by molar-refractivity contribution is 0.156. The Morgan fingerprint density at radius 1 is 1.44 bits per heavy atom. The molecule has 0 aromatic heterocycles. The first-order valence-electron chi connectivity index (χ1n) is 5.84. The largest absolute Gasteiger partial charge is 0.398 e. The highest BCUT2D eigenvalue weighted by atomic mass is 79.9. The highest BCUT2D eigenvalue weighted by Crippen LogP contribution is 2.39. The van der Waals surface area contributed by atoms with E-state index < -0.39 is 0 Å². The van der Waals surface area contributed by atoms with Crippen molar-refractivity contribution in [2.24, 2.45) is 5.41 Å². The maximum atomic E-state index is 5.84. The van der Waals surface area contributed by atoms with Crippen LogP contribution in [-0.2, 0) is 6.54 Å². The van der Waals surface area contributed by atoms with Gasteiger partial charge >= 0.3 is 0 Å². The van der Waals surface area contributed by atoms with Crippen LogP contribution in [0.1, 0.15) is 31.7 Å². The summed E-state index contributed by atoms with van der Waals surface area (Å²) in [5.41, 5.74) is 8.45. The summed E-state index contributed by atoms with van der Waals surface area (Å²) in [6.07, 6.45) is 4.12. The molecule has 1 aliphatic rings. The van der Waals surface area contributed by atoms with Crippen molar-refractivity contribution in [3.05, 3.63) is 28.2 Å². The molecule has 0 bridgehead atoms. The first-order valence-corrected chi connectivity index (χ1v) is 6.63. The van der Waals surface area contributed by atoms with Crippen LogP contribution in [0.4, 0.5) is 5.69 Å². The molecule has 3 heteroatoms. The van der Waals surface area contributed by atoms with Crippen molar-refractivity contribution >= 4 is 21.6 Å². The molecular weight excluding hydrogens is 264 g/mol. The maximum absolute atomic E-state index is 5.84. The van der Waals surface area contributed by atoms with Gasteiger partial charge in [0.2, 0.25) is 0 Å². The number of nitrogens with one attached hydrogen (secondary N) is 1. The van der Waals surface area contributed by atoms with Crippen molar-refractivity contribution in [2.45, 2.75) is 32.7 Å². The minimum absolute atomic E-state index is 0.543. The molecule has 1 aromatic rings. The number of hydrogen-bond acceptors (Lipinski definition) is 2.